The molecule has 0 radical (unpaired) electrons. The number of rotatable bonds is 5. The van der Waals surface area contributed by atoms with Crippen LogP contribution in [0.2, 0.25) is 0 Å². The molecule has 2 amide bonds. The average molecular weight is 424 g/mol. The predicted molar refractivity (Wildman–Crippen MR) is 117 cm³/mol. The quantitative estimate of drug-likeness (QED) is 0.199. The highest BCUT2D eigenvalue weighted by molar-refractivity contribution is 7.80. The Bertz CT molecular complexity index is 1150. The Hall–Kier alpha value is -3.59. The van der Waals surface area contributed by atoms with Crippen molar-refractivity contribution in [2.24, 2.45) is 0 Å². The van der Waals surface area contributed by atoms with E-state index in [-0.39, 0.29) is 22.9 Å². The van der Waals surface area contributed by atoms with Gasteiger partial charge in [-0.15, -0.1) is 6.58 Å². The molecule has 1 saturated heterocycles. The molecule has 0 aliphatic carbocycles. The van der Waals surface area contributed by atoms with Gasteiger partial charge in [0.1, 0.15) is 5.57 Å². The van der Waals surface area contributed by atoms with Crippen molar-refractivity contribution in [3.63, 3.8) is 0 Å². The number of nitro benzene ring substituents is 1. The van der Waals surface area contributed by atoms with Gasteiger partial charge in [0.05, 0.1) is 10.6 Å². The number of nitro groups is 1. The molecule has 9 heteroatoms. The number of amides is 2. The molecule has 0 spiro atoms. The van der Waals surface area contributed by atoms with E-state index in [1.807, 2.05) is 24.5 Å². The Morgan fingerprint density at radius 2 is 1.93 bits per heavy atom. The zero-order valence-electron chi connectivity index (χ0n) is 16.8. The van der Waals surface area contributed by atoms with Gasteiger partial charge < -0.3 is 4.57 Å². The standard InChI is InChI=1S/C21H20N4O4S/c1-5-8-23-20(27)17(19(26)22-21(23)30)10-15-9-13(3)24(14(15)4)16-7-6-12(2)18(11-16)25(28)29/h5-7,9-11H,1,8H2,2-4H3,(H,22,26,30). The first-order valence-corrected chi connectivity index (χ1v) is 9.50. The molecule has 0 saturated carbocycles. The molecule has 1 aromatic heterocycles. The van der Waals surface area contributed by atoms with Crippen LogP contribution in [0.1, 0.15) is 22.5 Å². The minimum atomic E-state index is -0.568. The van der Waals surface area contributed by atoms with E-state index in [4.69, 9.17) is 12.2 Å². The van der Waals surface area contributed by atoms with Crippen LogP contribution in [0.15, 0.2) is 42.5 Å². The lowest BCUT2D eigenvalue weighted by molar-refractivity contribution is -0.385. The average Bonchev–Trinajstić information content (AvgIpc) is 2.96. The van der Waals surface area contributed by atoms with Crippen LogP contribution >= 0.6 is 12.2 Å². The topological polar surface area (TPSA) is 97.5 Å². The van der Waals surface area contributed by atoms with Crippen LogP contribution in [0.4, 0.5) is 5.69 Å². The van der Waals surface area contributed by atoms with Gasteiger partial charge in [0, 0.05) is 29.6 Å². The molecule has 1 N–H and O–H groups in total. The van der Waals surface area contributed by atoms with E-state index >= 15 is 0 Å². The molecule has 154 valence electrons. The molecular weight excluding hydrogens is 404 g/mol. The van der Waals surface area contributed by atoms with Gasteiger partial charge in [-0.2, -0.15) is 0 Å². The lowest BCUT2D eigenvalue weighted by atomic mass is 10.1. The molecule has 8 nitrogen and oxygen atoms in total. The smallest absolute Gasteiger partial charge is 0.274 e. The lowest BCUT2D eigenvalue weighted by Gasteiger charge is -2.27. The Morgan fingerprint density at radius 1 is 1.23 bits per heavy atom. The molecule has 1 fully saturated rings. The molecule has 0 atom stereocenters. The number of carbonyl (C=O) groups is 2. The van der Waals surface area contributed by atoms with Crippen LogP contribution in [-0.2, 0) is 9.59 Å². The molecule has 30 heavy (non-hydrogen) atoms. The van der Waals surface area contributed by atoms with E-state index in [1.165, 1.54) is 23.1 Å². The Balaban J connectivity index is 2.08. The second-order valence-corrected chi connectivity index (χ2v) is 7.30. The highest BCUT2D eigenvalue weighted by Gasteiger charge is 2.33. The van der Waals surface area contributed by atoms with E-state index in [2.05, 4.69) is 11.9 Å². The number of aromatic nitrogens is 1. The summed E-state index contributed by atoms with van der Waals surface area (Å²) in [6.07, 6.45) is 3.03. The number of nitrogens with one attached hydrogen (secondary N) is 1. The van der Waals surface area contributed by atoms with Crippen LogP contribution in [0.5, 0.6) is 0 Å². The van der Waals surface area contributed by atoms with Gasteiger partial charge in [-0.1, -0.05) is 12.1 Å². The second-order valence-electron chi connectivity index (χ2n) is 6.91. The minimum Gasteiger partial charge on any atom is -0.318 e. The maximum Gasteiger partial charge on any atom is 0.274 e. The Kier molecular flexibility index (Phi) is 5.66. The molecule has 0 bridgehead atoms. The molecule has 1 aliphatic rings. The van der Waals surface area contributed by atoms with Crippen molar-refractivity contribution in [3.05, 3.63) is 75.1 Å². The van der Waals surface area contributed by atoms with E-state index in [0.717, 1.165) is 11.4 Å². The molecule has 1 aliphatic heterocycles. The molecule has 2 heterocycles. The monoisotopic (exact) mass is 424 g/mol. The number of nitrogens with zero attached hydrogens (tertiary/aromatic N) is 3. The zero-order chi connectivity index (χ0) is 22.2. The number of thiocarbonyl (C=S) groups is 1. The van der Waals surface area contributed by atoms with E-state index in [1.54, 1.807) is 19.1 Å². The highest BCUT2D eigenvalue weighted by Crippen LogP contribution is 2.27. The zero-order valence-corrected chi connectivity index (χ0v) is 17.6. The third-order valence-corrected chi connectivity index (χ3v) is 5.24. The third kappa shape index (κ3) is 3.67. The van der Waals surface area contributed by atoms with Crippen LogP contribution in [0.25, 0.3) is 11.8 Å². The van der Waals surface area contributed by atoms with Gasteiger partial charge in [0.25, 0.3) is 17.5 Å². The van der Waals surface area contributed by atoms with Gasteiger partial charge in [-0.25, -0.2) is 0 Å². The van der Waals surface area contributed by atoms with Gasteiger partial charge in [-0.05, 0) is 56.8 Å². The molecule has 3 rings (SSSR count). The Labute approximate surface area is 178 Å². The number of hydrogen-bond donors (Lipinski definition) is 1. The first-order chi connectivity index (χ1) is 14.1. The fourth-order valence-corrected chi connectivity index (χ4v) is 3.66. The third-order valence-electron chi connectivity index (χ3n) is 4.92. The fraction of sp³-hybridized carbons (Fsp3) is 0.190. The molecule has 2 aromatic rings. The van der Waals surface area contributed by atoms with Crippen LogP contribution in [0, 0.1) is 30.9 Å². The van der Waals surface area contributed by atoms with E-state index < -0.39 is 16.7 Å². The summed E-state index contributed by atoms with van der Waals surface area (Å²) in [5, 5.41) is 13.9. The summed E-state index contributed by atoms with van der Waals surface area (Å²) in [6.45, 7) is 9.14. The summed E-state index contributed by atoms with van der Waals surface area (Å²) in [4.78, 5) is 37.3. The summed E-state index contributed by atoms with van der Waals surface area (Å²) < 4.78 is 1.84. The van der Waals surface area contributed by atoms with Crippen molar-refractivity contribution in [3.8, 4) is 5.69 Å². The van der Waals surface area contributed by atoms with E-state index in [9.17, 15) is 19.7 Å². The fourth-order valence-electron chi connectivity index (χ4n) is 3.41. The summed E-state index contributed by atoms with van der Waals surface area (Å²) >= 11 is 5.06. The predicted octanol–water partition coefficient (Wildman–Crippen LogP) is 3.12. The van der Waals surface area contributed by atoms with Crippen LogP contribution in [-0.4, -0.2) is 37.9 Å². The first-order valence-electron chi connectivity index (χ1n) is 9.09. The maximum atomic E-state index is 12.8. The SMILES string of the molecule is C=CCN1C(=O)C(=Cc2cc(C)n(-c3ccc(C)c([N+](=O)[O-])c3)c2C)C(=O)NC1=S. The van der Waals surface area contributed by atoms with Crippen LogP contribution < -0.4 is 5.32 Å². The number of benzene rings is 1. The number of aryl methyl sites for hydroxylation is 2. The van der Waals surface area contributed by atoms with Crippen molar-refractivity contribution >= 4 is 40.9 Å². The molecule has 0 unspecified atom stereocenters. The normalized spacial score (nSPS) is 15.5. The summed E-state index contributed by atoms with van der Waals surface area (Å²) in [5.41, 5.74) is 3.37. The highest BCUT2D eigenvalue weighted by atomic mass is 32.1. The molecule has 1 aromatic carbocycles. The second kappa shape index (κ2) is 8.03. The lowest BCUT2D eigenvalue weighted by Crippen LogP contribution is -2.53. The van der Waals surface area contributed by atoms with Gasteiger partial charge in [-0.3, -0.25) is 29.9 Å². The van der Waals surface area contributed by atoms with Crippen LogP contribution in [0.3, 0.4) is 0 Å². The van der Waals surface area contributed by atoms with Gasteiger partial charge in [0.2, 0.25) is 0 Å². The maximum absolute atomic E-state index is 12.8. The summed E-state index contributed by atoms with van der Waals surface area (Å²) in [5.74, 6) is -1.07. The summed E-state index contributed by atoms with van der Waals surface area (Å²) in [6, 6.07) is 6.81. The van der Waals surface area contributed by atoms with Crippen molar-refractivity contribution < 1.29 is 14.5 Å². The van der Waals surface area contributed by atoms with Gasteiger partial charge in [0.15, 0.2) is 5.11 Å². The van der Waals surface area contributed by atoms with Crippen molar-refractivity contribution in [1.82, 2.24) is 14.8 Å². The summed E-state index contributed by atoms with van der Waals surface area (Å²) in [7, 11) is 0. The molecular formula is C21H20N4O4S. The van der Waals surface area contributed by atoms with Crippen molar-refractivity contribution in [2.45, 2.75) is 20.8 Å². The van der Waals surface area contributed by atoms with Crippen molar-refractivity contribution in [2.75, 3.05) is 6.54 Å². The van der Waals surface area contributed by atoms with Crippen molar-refractivity contribution in [1.29, 1.82) is 0 Å². The van der Waals surface area contributed by atoms with E-state index in [0.29, 0.717) is 16.8 Å². The number of hydrogen-bond acceptors (Lipinski definition) is 5. The minimum absolute atomic E-state index is 0.0234. The Morgan fingerprint density at radius 3 is 2.57 bits per heavy atom. The first kappa shape index (κ1) is 21.1. The number of carbonyl (C=O) groups excluding carboxylic acids is 2. The van der Waals surface area contributed by atoms with Gasteiger partial charge >= 0.3 is 0 Å². The largest absolute Gasteiger partial charge is 0.318 e.